The number of carbonyl (C=O) groups excluding carboxylic acids is 1. The Morgan fingerprint density at radius 1 is 1.27 bits per heavy atom. The molecule has 1 fully saturated rings. The maximum Gasteiger partial charge on any atom is 0.293 e. The fourth-order valence-corrected chi connectivity index (χ4v) is 3.47. The van der Waals surface area contributed by atoms with Gasteiger partial charge in [-0.2, -0.15) is 5.10 Å². The molecular formula is C21H21N5O4. The second-order valence-corrected chi connectivity index (χ2v) is 6.96. The molecule has 2 heterocycles. The van der Waals surface area contributed by atoms with Crippen molar-refractivity contribution in [2.24, 2.45) is 0 Å². The van der Waals surface area contributed by atoms with Crippen LogP contribution in [0.1, 0.15) is 40.6 Å². The molecule has 2 aromatic carbocycles. The number of benzene rings is 2. The number of nitrogens with zero attached hydrogens (tertiary/aromatic N) is 4. The lowest BCUT2D eigenvalue weighted by Gasteiger charge is -2.33. The van der Waals surface area contributed by atoms with Crippen LogP contribution in [0.4, 0.5) is 11.4 Å². The molecule has 1 saturated heterocycles. The van der Waals surface area contributed by atoms with Crippen LogP contribution in [0.3, 0.4) is 0 Å². The Hall–Kier alpha value is -3.59. The van der Waals surface area contributed by atoms with Crippen molar-refractivity contribution in [1.29, 1.82) is 0 Å². The van der Waals surface area contributed by atoms with Crippen LogP contribution in [0.15, 0.2) is 48.5 Å². The molecular weight excluding hydrogens is 386 g/mol. The Kier molecular flexibility index (Phi) is 5.53. The van der Waals surface area contributed by atoms with Crippen LogP contribution in [0.25, 0.3) is 0 Å². The first-order valence-electron chi connectivity index (χ1n) is 9.72. The number of ketones is 1. The Morgan fingerprint density at radius 2 is 2.07 bits per heavy atom. The molecule has 9 nitrogen and oxygen atoms in total. The Bertz CT molecular complexity index is 1070. The maximum atomic E-state index is 12.7. The van der Waals surface area contributed by atoms with E-state index in [0.717, 1.165) is 12.2 Å². The van der Waals surface area contributed by atoms with Gasteiger partial charge in [-0.15, -0.1) is 0 Å². The molecule has 4 rings (SSSR count). The van der Waals surface area contributed by atoms with Crippen LogP contribution in [0, 0.1) is 10.1 Å². The lowest BCUT2D eigenvalue weighted by atomic mass is 10.0. The number of hydrogen-bond donors (Lipinski definition) is 1. The number of H-pyrrole nitrogens is 1. The monoisotopic (exact) mass is 407 g/mol. The summed E-state index contributed by atoms with van der Waals surface area (Å²) < 4.78 is 5.78. The van der Waals surface area contributed by atoms with Gasteiger partial charge >= 0.3 is 0 Å². The number of aryl methyl sites for hydroxylation is 1. The van der Waals surface area contributed by atoms with Crippen LogP contribution in [-0.4, -0.2) is 45.6 Å². The molecule has 1 N–H and O–H groups in total. The third-order valence-electron chi connectivity index (χ3n) is 5.05. The van der Waals surface area contributed by atoms with Gasteiger partial charge in [0.25, 0.3) is 5.69 Å². The van der Waals surface area contributed by atoms with Crippen molar-refractivity contribution in [3.05, 3.63) is 81.4 Å². The molecule has 1 aromatic heterocycles. The van der Waals surface area contributed by atoms with Crippen molar-refractivity contribution in [1.82, 2.24) is 15.2 Å². The van der Waals surface area contributed by atoms with Gasteiger partial charge in [0.05, 0.1) is 18.1 Å². The summed E-state index contributed by atoms with van der Waals surface area (Å²) in [5, 5.41) is 18.8. The molecule has 1 atom stereocenters. The first-order valence-corrected chi connectivity index (χ1v) is 9.72. The molecule has 1 unspecified atom stereocenters. The predicted octanol–water partition coefficient (Wildman–Crippen LogP) is 3.08. The third-order valence-corrected chi connectivity index (χ3v) is 5.05. The zero-order chi connectivity index (χ0) is 21.1. The molecule has 154 valence electrons. The first-order chi connectivity index (χ1) is 14.6. The Labute approximate surface area is 172 Å². The molecule has 0 radical (unpaired) electrons. The average Bonchev–Trinajstić information content (AvgIpc) is 3.28. The van der Waals surface area contributed by atoms with Gasteiger partial charge in [-0.1, -0.05) is 37.3 Å². The minimum atomic E-state index is -0.455. The normalized spacial score (nSPS) is 16.4. The molecule has 1 aliphatic heterocycles. The topological polar surface area (TPSA) is 114 Å². The summed E-state index contributed by atoms with van der Waals surface area (Å²) in [5.41, 5.74) is 1.11. The lowest BCUT2D eigenvalue weighted by molar-refractivity contribution is -0.384. The average molecular weight is 407 g/mol. The van der Waals surface area contributed by atoms with Crippen molar-refractivity contribution < 1.29 is 14.5 Å². The van der Waals surface area contributed by atoms with Gasteiger partial charge in [0, 0.05) is 30.2 Å². The largest absolute Gasteiger partial charge is 0.366 e. The van der Waals surface area contributed by atoms with Crippen molar-refractivity contribution in [2.75, 3.05) is 24.6 Å². The van der Waals surface area contributed by atoms with Crippen LogP contribution in [0.5, 0.6) is 0 Å². The van der Waals surface area contributed by atoms with Gasteiger partial charge in [-0.05, 0) is 12.1 Å². The van der Waals surface area contributed by atoms with E-state index in [4.69, 9.17) is 4.74 Å². The fourth-order valence-electron chi connectivity index (χ4n) is 3.47. The zero-order valence-electron chi connectivity index (χ0n) is 16.4. The van der Waals surface area contributed by atoms with E-state index in [1.807, 2.05) is 17.9 Å². The van der Waals surface area contributed by atoms with Crippen LogP contribution < -0.4 is 4.90 Å². The first kappa shape index (κ1) is 19.7. The van der Waals surface area contributed by atoms with E-state index >= 15 is 0 Å². The van der Waals surface area contributed by atoms with E-state index in [2.05, 4.69) is 15.2 Å². The quantitative estimate of drug-likeness (QED) is 0.379. The minimum absolute atomic E-state index is 0.110. The number of aromatic nitrogens is 3. The number of anilines is 1. The zero-order valence-corrected chi connectivity index (χ0v) is 16.4. The summed E-state index contributed by atoms with van der Waals surface area (Å²) in [5.74, 6) is 1.05. The number of rotatable bonds is 6. The minimum Gasteiger partial charge on any atom is -0.366 e. The molecule has 1 aliphatic rings. The lowest BCUT2D eigenvalue weighted by Crippen LogP contribution is -2.39. The van der Waals surface area contributed by atoms with E-state index in [1.165, 1.54) is 6.07 Å². The summed E-state index contributed by atoms with van der Waals surface area (Å²) in [6.45, 7) is 3.24. The smallest absolute Gasteiger partial charge is 0.293 e. The molecule has 3 aromatic rings. The van der Waals surface area contributed by atoms with Crippen molar-refractivity contribution in [2.45, 2.75) is 19.4 Å². The van der Waals surface area contributed by atoms with Crippen LogP contribution >= 0.6 is 0 Å². The second-order valence-electron chi connectivity index (χ2n) is 6.96. The molecule has 30 heavy (non-hydrogen) atoms. The van der Waals surface area contributed by atoms with Gasteiger partial charge in [0.2, 0.25) is 0 Å². The SMILES string of the molecule is CCc1nc(C2CN(c3ccc(C(=O)c4ccccc4)cc3[N+](=O)[O-])CCO2)n[nH]1. The summed E-state index contributed by atoms with van der Waals surface area (Å²) in [6.07, 6.45) is 0.340. The Morgan fingerprint density at radius 3 is 2.77 bits per heavy atom. The van der Waals surface area contributed by atoms with Gasteiger partial charge in [0.15, 0.2) is 11.6 Å². The number of nitrogens with one attached hydrogen (secondary N) is 1. The molecule has 0 spiro atoms. The Balaban J connectivity index is 1.61. The van der Waals surface area contributed by atoms with Gasteiger partial charge < -0.3 is 9.64 Å². The van der Waals surface area contributed by atoms with Gasteiger partial charge in [-0.3, -0.25) is 20.0 Å². The number of nitro groups is 1. The third kappa shape index (κ3) is 3.92. The number of aromatic amines is 1. The molecule has 9 heteroatoms. The molecule has 0 aliphatic carbocycles. The molecule has 0 saturated carbocycles. The molecule has 0 amide bonds. The van der Waals surface area contributed by atoms with E-state index in [9.17, 15) is 14.9 Å². The van der Waals surface area contributed by atoms with Gasteiger partial charge in [0.1, 0.15) is 17.6 Å². The number of hydrogen-bond acceptors (Lipinski definition) is 7. The number of nitro benzene ring substituents is 1. The highest BCUT2D eigenvalue weighted by molar-refractivity contribution is 6.09. The van der Waals surface area contributed by atoms with Crippen molar-refractivity contribution in [3.8, 4) is 0 Å². The van der Waals surface area contributed by atoms with E-state index in [0.29, 0.717) is 36.8 Å². The molecule has 0 bridgehead atoms. The standard InChI is InChI=1S/C21H21N5O4/c1-2-19-22-21(24-23-19)18-13-25(10-11-30-18)16-9-8-15(12-17(16)26(28)29)20(27)14-6-4-3-5-7-14/h3-9,12,18H,2,10-11,13H2,1H3,(H,22,23,24). The maximum absolute atomic E-state index is 12.7. The summed E-state index contributed by atoms with van der Waals surface area (Å²) in [6, 6.07) is 13.3. The van der Waals surface area contributed by atoms with E-state index < -0.39 is 4.92 Å². The summed E-state index contributed by atoms with van der Waals surface area (Å²) in [7, 11) is 0. The highest BCUT2D eigenvalue weighted by Gasteiger charge is 2.29. The van der Waals surface area contributed by atoms with Crippen LogP contribution in [0.2, 0.25) is 0 Å². The predicted molar refractivity (Wildman–Crippen MR) is 110 cm³/mol. The van der Waals surface area contributed by atoms with E-state index in [1.54, 1.807) is 36.4 Å². The second kappa shape index (κ2) is 8.42. The highest BCUT2D eigenvalue weighted by Crippen LogP contribution is 2.33. The van der Waals surface area contributed by atoms with Crippen molar-refractivity contribution in [3.63, 3.8) is 0 Å². The van der Waals surface area contributed by atoms with Crippen molar-refractivity contribution >= 4 is 17.2 Å². The van der Waals surface area contributed by atoms with Crippen LogP contribution in [-0.2, 0) is 11.2 Å². The number of carbonyl (C=O) groups is 1. The number of ether oxygens (including phenoxy) is 1. The summed E-state index contributed by atoms with van der Waals surface area (Å²) in [4.78, 5) is 30.3. The number of morpholine rings is 1. The fraction of sp³-hybridized carbons (Fsp3) is 0.286. The summed E-state index contributed by atoms with van der Waals surface area (Å²) >= 11 is 0. The van der Waals surface area contributed by atoms with E-state index in [-0.39, 0.29) is 23.1 Å². The highest BCUT2D eigenvalue weighted by atomic mass is 16.6. The van der Waals surface area contributed by atoms with Gasteiger partial charge in [-0.25, -0.2) is 4.98 Å².